The van der Waals surface area contributed by atoms with Crippen molar-refractivity contribution in [2.75, 3.05) is 0 Å². The van der Waals surface area contributed by atoms with Crippen LogP contribution in [0.4, 0.5) is 0 Å². The van der Waals surface area contributed by atoms with Crippen LogP contribution in [0.15, 0.2) is 107 Å². The number of imidazole rings is 2. The molecule has 234 valence electrons. The summed E-state index contributed by atoms with van der Waals surface area (Å²) >= 11 is 0. The molecule has 0 N–H and O–H groups in total. The second-order valence-corrected chi connectivity index (χ2v) is 11.3. The molecule has 0 radical (unpaired) electrons. The fraction of sp³-hybridized carbons (Fsp3) is 0.143. The van der Waals surface area contributed by atoms with E-state index in [-0.39, 0.29) is 11.1 Å². The molecule has 0 bridgehead atoms. The molecule has 0 unspecified atom stereocenters. The van der Waals surface area contributed by atoms with Gasteiger partial charge in [-0.2, -0.15) is 0 Å². The van der Waals surface area contributed by atoms with Crippen LogP contribution in [-0.2, 0) is 0 Å². The number of benzene rings is 7. The molecule has 7 aromatic carbocycles. The maximum absolute atomic E-state index is 14.0. The first-order valence-electron chi connectivity index (χ1n) is 16.9. The molecule has 11 rings (SSSR count). The van der Waals surface area contributed by atoms with E-state index in [1.807, 2.05) is 102 Å². The van der Waals surface area contributed by atoms with E-state index in [0.29, 0.717) is 22.1 Å². The third-order valence-corrected chi connectivity index (χ3v) is 9.37. The van der Waals surface area contributed by atoms with Gasteiger partial charge in [0.25, 0.3) is 11.1 Å². The van der Waals surface area contributed by atoms with Crippen LogP contribution in [-0.4, -0.2) is 18.8 Å². The highest BCUT2D eigenvalue weighted by atomic mass is 16.1. The molecule has 0 aliphatic carbocycles. The van der Waals surface area contributed by atoms with Gasteiger partial charge in [0.15, 0.2) is 0 Å². The van der Waals surface area contributed by atoms with E-state index in [1.165, 1.54) is 0 Å². The largest absolute Gasteiger partial charge is 0.268 e. The molecule has 6 heteroatoms. The van der Waals surface area contributed by atoms with Gasteiger partial charge < -0.3 is 0 Å². The number of rotatable bonds is 0. The van der Waals surface area contributed by atoms with Gasteiger partial charge in [-0.05, 0) is 80.8 Å². The van der Waals surface area contributed by atoms with Crippen LogP contribution in [0.3, 0.4) is 0 Å². The van der Waals surface area contributed by atoms with Gasteiger partial charge in [0.2, 0.25) is 0 Å². The summed E-state index contributed by atoms with van der Waals surface area (Å²) in [5, 5.41) is 11.5. The van der Waals surface area contributed by atoms with Crippen LogP contribution in [0.2, 0.25) is 0 Å². The Labute approximate surface area is 275 Å². The Balaban J connectivity index is 0.000000534. The second kappa shape index (κ2) is 10.8. The van der Waals surface area contributed by atoms with Gasteiger partial charge in [-0.15, -0.1) is 0 Å². The van der Waals surface area contributed by atoms with Gasteiger partial charge >= 0.3 is 0 Å². The van der Waals surface area contributed by atoms with E-state index in [9.17, 15) is 9.59 Å². The summed E-state index contributed by atoms with van der Waals surface area (Å²) in [4.78, 5) is 37.7. The molecule has 0 saturated carbocycles. The van der Waals surface area contributed by atoms with E-state index in [0.717, 1.165) is 75.9 Å². The summed E-state index contributed by atoms with van der Waals surface area (Å²) in [6.45, 7) is 12.0. The number of pyridine rings is 2. The molecular formula is C42H34N4O2. The summed E-state index contributed by atoms with van der Waals surface area (Å²) in [6.07, 6.45) is 0. The van der Waals surface area contributed by atoms with Crippen molar-refractivity contribution in [1.29, 1.82) is 0 Å². The quantitative estimate of drug-likeness (QED) is 0.124. The zero-order valence-corrected chi connectivity index (χ0v) is 27.8. The van der Waals surface area contributed by atoms with Crippen molar-refractivity contribution < 1.29 is 0 Å². The maximum atomic E-state index is 14.0. The van der Waals surface area contributed by atoms with Crippen molar-refractivity contribution in [3.05, 3.63) is 118 Å². The zero-order valence-electron chi connectivity index (χ0n) is 27.8. The van der Waals surface area contributed by atoms with Crippen molar-refractivity contribution in [3.8, 4) is 0 Å². The third-order valence-electron chi connectivity index (χ3n) is 9.37. The Morgan fingerprint density at radius 1 is 0.375 bits per heavy atom. The number of para-hydroxylation sites is 4. The summed E-state index contributed by atoms with van der Waals surface area (Å²) < 4.78 is 3.49. The van der Waals surface area contributed by atoms with Gasteiger partial charge in [-0.25, -0.2) is 9.97 Å². The molecular weight excluding hydrogens is 592 g/mol. The SMILES string of the molecule is CC.CC.CC.O=c1c2ccc3c4ccc5c6c(ccc(c7ccc(c2c37)c2nc3ccccc3n12)c46)c(=O)n1c2ccccc2nc51. The Morgan fingerprint density at radius 2 is 0.667 bits per heavy atom. The molecule has 0 atom stereocenters. The highest BCUT2D eigenvalue weighted by Gasteiger charge is 2.23. The zero-order chi connectivity index (χ0) is 33.4. The Kier molecular flexibility index (Phi) is 6.67. The van der Waals surface area contributed by atoms with Crippen LogP contribution < -0.4 is 11.1 Å². The molecule has 0 spiro atoms. The van der Waals surface area contributed by atoms with Crippen molar-refractivity contribution in [2.45, 2.75) is 41.5 Å². The lowest BCUT2D eigenvalue weighted by molar-refractivity contribution is 1.19. The van der Waals surface area contributed by atoms with Crippen molar-refractivity contribution in [2.24, 2.45) is 0 Å². The van der Waals surface area contributed by atoms with E-state index in [2.05, 4.69) is 36.4 Å². The third kappa shape index (κ3) is 3.52. The van der Waals surface area contributed by atoms with Crippen molar-refractivity contribution >= 4 is 98.0 Å². The molecule has 4 heterocycles. The smallest absolute Gasteiger partial charge is 0.264 e. The normalized spacial score (nSPS) is 11.7. The van der Waals surface area contributed by atoms with Crippen LogP contribution >= 0.6 is 0 Å². The molecule has 11 aromatic rings. The van der Waals surface area contributed by atoms with Gasteiger partial charge in [0.1, 0.15) is 11.3 Å². The van der Waals surface area contributed by atoms with Crippen molar-refractivity contribution in [3.63, 3.8) is 0 Å². The highest BCUT2D eigenvalue weighted by Crippen LogP contribution is 2.45. The first-order chi connectivity index (χ1) is 23.7. The van der Waals surface area contributed by atoms with E-state index in [4.69, 9.17) is 9.97 Å². The Bertz CT molecular complexity index is 2890. The molecule has 0 aliphatic rings. The summed E-state index contributed by atoms with van der Waals surface area (Å²) in [6, 6.07) is 32.1. The topological polar surface area (TPSA) is 68.7 Å². The minimum Gasteiger partial charge on any atom is -0.268 e. The number of hydrogen-bond acceptors (Lipinski definition) is 4. The van der Waals surface area contributed by atoms with Gasteiger partial charge in [-0.1, -0.05) is 90.1 Å². The van der Waals surface area contributed by atoms with Crippen LogP contribution in [0.25, 0.3) is 98.0 Å². The van der Waals surface area contributed by atoms with E-state index in [1.54, 1.807) is 8.80 Å². The summed E-state index contributed by atoms with van der Waals surface area (Å²) in [7, 11) is 0. The second-order valence-electron chi connectivity index (χ2n) is 11.3. The van der Waals surface area contributed by atoms with Gasteiger partial charge in [0.05, 0.1) is 22.1 Å². The molecule has 48 heavy (non-hydrogen) atoms. The van der Waals surface area contributed by atoms with Crippen LogP contribution in [0.5, 0.6) is 0 Å². The minimum absolute atomic E-state index is 0.0598. The maximum Gasteiger partial charge on any atom is 0.264 e. The van der Waals surface area contributed by atoms with E-state index >= 15 is 0 Å². The summed E-state index contributed by atoms with van der Waals surface area (Å²) in [5.41, 5.74) is 4.48. The Hall–Kier alpha value is -5.88. The van der Waals surface area contributed by atoms with Gasteiger partial charge in [-0.3, -0.25) is 18.4 Å². The fourth-order valence-electron chi connectivity index (χ4n) is 7.68. The van der Waals surface area contributed by atoms with Crippen LogP contribution in [0.1, 0.15) is 41.5 Å². The van der Waals surface area contributed by atoms with E-state index < -0.39 is 0 Å². The molecule has 0 amide bonds. The highest BCUT2D eigenvalue weighted by molar-refractivity contribution is 6.40. The average molecular weight is 627 g/mol. The number of aromatic nitrogens is 4. The van der Waals surface area contributed by atoms with Gasteiger partial charge in [0, 0.05) is 32.3 Å². The number of hydrogen-bond donors (Lipinski definition) is 0. The molecule has 0 aliphatic heterocycles. The number of fused-ring (bicyclic) bond motifs is 10. The molecule has 0 saturated heterocycles. The number of nitrogens with zero attached hydrogens (tertiary/aromatic N) is 4. The summed E-state index contributed by atoms with van der Waals surface area (Å²) in [5.74, 6) is 0. The molecule has 4 aromatic heterocycles. The molecule has 6 nitrogen and oxygen atoms in total. The average Bonchev–Trinajstić information content (AvgIpc) is 3.75. The lowest BCUT2D eigenvalue weighted by Gasteiger charge is -2.18. The predicted octanol–water partition coefficient (Wildman–Crippen LogP) is 10.3. The lowest BCUT2D eigenvalue weighted by atomic mass is 9.86. The van der Waals surface area contributed by atoms with Crippen molar-refractivity contribution in [1.82, 2.24) is 18.8 Å². The fourth-order valence-corrected chi connectivity index (χ4v) is 7.68. The first-order valence-corrected chi connectivity index (χ1v) is 16.9. The molecule has 0 fully saturated rings. The predicted molar refractivity (Wildman–Crippen MR) is 204 cm³/mol. The first kappa shape index (κ1) is 29.5. The Morgan fingerprint density at radius 3 is 1.04 bits per heavy atom. The minimum atomic E-state index is -0.0598. The lowest BCUT2D eigenvalue weighted by Crippen LogP contribution is -2.14. The standard InChI is InChI=1S/C36H16N4O2.3C2H6/c41-35-23-15-11-19-18-10-14-22-32-24(36(42)40-28-8-4-2-6-26(28)38-34(22)40)16-12-20(30(18)32)17-9-13-21(31(23)29(17)19)33-37-25-5-1-3-7-27(25)39(33)35;3*1-2/h1-16H;3*1-2H3. The monoisotopic (exact) mass is 626 g/mol. The van der Waals surface area contributed by atoms with Crippen LogP contribution in [0, 0.1) is 0 Å².